The van der Waals surface area contributed by atoms with Gasteiger partial charge in [0.1, 0.15) is 5.82 Å². The van der Waals surface area contributed by atoms with Crippen molar-refractivity contribution in [3.63, 3.8) is 0 Å². The van der Waals surface area contributed by atoms with E-state index in [1.54, 1.807) is 6.07 Å². The molecule has 0 bridgehead atoms. The van der Waals surface area contributed by atoms with Gasteiger partial charge in [0, 0.05) is 9.35 Å². The molecular formula is C11H8BrFO2S2. The zero-order valence-corrected chi connectivity index (χ0v) is 11.8. The van der Waals surface area contributed by atoms with Gasteiger partial charge in [0.2, 0.25) is 0 Å². The summed E-state index contributed by atoms with van der Waals surface area (Å²) in [6.45, 7) is 0. The van der Waals surface area contributed by atoms with E-state index < -0.39 is 15.7 Å². The summed E-state index contributed by atoms with van der Waals surface area (Å²) in [6.07, 6.45) is 0. The molecule has 90 valence electrons. The van der Waals surface area contributed by atoms with E-state index in [4.69, 9.17) is 0 Å². The minimum atomic E-state index is -3.41. The van der Waals surface area contributed by atoms with Crippen molar-refractivity contribution in [2.75, 3.05) is 0 Å². The van der Waals surface area contributed by atoms with Gasteiger partial charge >= 0.3 is 0 Å². The fraction of sp³-hybridized carbons (Fsp3) is 0.0909. The number of hydrogen-bond donors (Lipinski definition) is 0. The van der Waals surface area contributed by atoms with Gasteiger partial charge in [-0.25, -0.2) is 12.8 Å². The Balaban J connectivity index is 2.31. The molecule has 1 aromatic heterocycles. The van der Waals surface area contributed by atoms with Gasteiger partial charge in [0.15, 0.2) is 9.84 Å². The third kappa shape index (κ3) is 2.94. The topological polar surface area (TPSA) is 34.1 Å². The molecule has 1 aromatic carbocycles. The first-order valence-electron chi connectivity index (χ1n) is 4.69. The van der Waals surface area contributed by atoms with Crippen LogP contribution in [0.25, 0.3) is 0 Å². The van der Waals surface area contributed by atoms with Crippen LogP contribution in [0.3, 0.4) is 0 Å². The highest BCUT2D eigenvalue weighted by molar-refractivity contribution is 9.10. The SMILES string of the molecule is O=S(=O)(Cc1sccc1Br)c1ccc(F)cc1. The van der Waals surface area contributed by atoms with Gasteiger partial charge in [-0.15, -0.1) is 11.3 Å². The van der Waals surface area contributed by atoms with Gasteiger partial charge in [0.05, 0.1) is 10.6 Å². The van der Waals surface area contributed by atoms with E-state index in [1.807, 2.05) is 5.38 Å². The second-order valence-electron chi connectivity index (χ2n) is 3.40. The Morgan fingerprint density at radius 1 is 1.18 bits per heavy atom. The largest absolute Gasteiger partial charge is 0.223 e. The molecule has 0 saturated carbocycles. The van der Waals surface area contributed by atoms with E-state index in [1.165, 1.54) is 23.5 Å². The molecule has 0 radical (unpaired) electrons. The van der Waals surface area contributed by atoms with Gasteiger partial charge in [-0.3, -0.25) is 0 Å². The summed E-state index contributed by atoms with van der Waals surface area (Å²) in [5.41, 5.74) is 0. The molecule has 0 spiro atoms. The number of benzene rings is 1. The Morgan fingerprint density at radius 2 is 1.82 bits per heavy atom. The van der Waals surface area contributed by atoms with E-state index in [0.717, 1.165) is 21.5 Å². The van der Waals surface area contributed by atoms with Gasteiger partial charge < -0.3 is 0 Å². The first kappa shape index (κ1) is 12.7. The first-order valence-corrected chi connectivity index (χ1v) is 8.02. The van der Waals surface area contributed by atoms with Crippen LogP contribution in [-0.4, -0.2) is 8.42 Å². The van der Waals surface area contributed by atoms with E-state index in [-0.39, 0.29) is 10.6 Å². The molecule has 0 aliphatic rings. The zero-order valence-electron chi connectivity index (χ0n) is 8.56. The summed E-state index contributed by atoms with van der Waals surface area (Å²) in [4.78, 5) is 0.883. The normalized spacial score (nSPS) is 11.6. The quantitative estimate of drug-likeness (QED) is 0.803. The van der Waals surface area contributed by atoms with Crippen molar-refractivity contribution in [1.29, 1.82) is 0 Å². The standard InChI is InChI=1S/C11H8BrFO2S2/c12-10-5-6-16-11(10)7-17(14,15)9-3-1-8(13)2-4-9/h1-6H,7H2. The fourth-order valence-corrected chi connectivity index (χ4v) is 4.74. The Labute approximate surface area is 111 Å². The Morgan fingerprint density at radius 3 is 2.35 bits per heavy atom. The summed E-state index contributed by atoms with van der Waals surface area (Å²) in [6, 6.07) is 6.67. The van der Waals surface area contributed by atoms with E-state index >= 15 is 0 Å². The lowest BCUT2D eigenvalue weighted by Gasteiger charge is -2.03. The highest BCUT2D eigenvalue weighted by Crippen LogP contribution is 2.27. The molecule has 0 N–H and O–H groups in total. The number of thiophene rings is 1. The molecule has 0 atom stereocenters. The van der Waals surface area contributed by atoms with Crippen molar-refractivity contribution in [2.45, 2.75) is 10.6 Å². The molecular weight excluding hydrogens is 327 g/mol. The van der Waals surface area contributed by atoms with E-state index in [9.17, 15) is 12.8 Å². The van der Waals surface area contributed by atoms with Crippen LogP contribution in [0.4, 0.5) is 4.39 Å². The molecule has 0 unspecified atom stereocenters. The maximum absolute atomic E-state index is 12.7. The molecule has 1 heterocycles. The molecule has 17 heavy (non-hydrogen) atoms. The second kappa shape index (κ2) is 4.88. The average Bonchev–Trinajstić information content (AvgIpc) is 2.64. The van der Waals surface area contributed by atoms with E-state index in [2.05, 4.69) is 15.9 Å². The molecule has 2 nitrogen and oxygen atoms in total. The maximum Gasteiger partial charge on any atom is 0.183 e. The summed E-state index contributed by atoms with van der Waals surface area (Å²) >= 11 is 4.66. The van der Waals surface area contributed by atoms with Crippen molar-refractivity contribution in [2.24, 2.45) is 0 Å². The molecule has 2 rings (SSSR count). The third-order valence-corrected chi connectivity index (χ3v) is 5.95. The summed E-state index contributed by atoms with van der Waals surface area (Å²) in [5, 5.41) is 1.82. The number of halogens is 2. The predicted molar refractivity (Wildman–Crippen MR) is 69.3 cm³/mol. The van der Waals surface area contributed by atoms with Crippen molar-refractivity contribution in [1.82, 2.24) is 0 Å². The maximum atomic E-state index is 12.7. The molecule has 2 aromatic rings. The molecule has 0 amide bonds. The molecule has 0 aliphatic carbocycles. The van der Waals surface area contributed by atoms with Crippen molar-refractivity contribution >= 4 is 37.1 Å². The minimum Gasteiger partial charge on any atom is -0.223 e. The van der Waals surface area contributed by atoms with Gasteiger partial charge in [-0.1, -0.05) is 0 Å². The van der Waals surface area contributed by atoms with Crippen LogP contribution in [0.15, 0.2) is 45.1 Å². The fourth-order valence-electron chi connectivity index (χ4n) is 1.33. The van der Waals surface area contributed by atoms with Crippen molar-refractivity contribution in [3.05, 3.63) is 50.9 Å². The van der Waals surface area contributed by atoms with Gasteiger partial charge in [0.25, 0.3) is 0 Å². The lowest BCUT2D eigenvalue weighted by Crippen LogP contribution is -2.04. The smallest absolute Gasteiger partial charge is 0.183 e. The number of rotatable bonds is 3. The van der Waals surface area contributed by atoms with Crippen LogP contribution < -0.4 is 0 Å². The van der Waals surface area contributed by atoms with Crippen LogP contribution in [0.5, 0.6) is 0 Å². The second-order valence-corrected chi connectivity index (χ2v) is 7.25. The Bertz CT molecular complexity index is 617. The van der Waals surface area contributed by atoms with Crippen LogP contribution in [0.2, 0.25) is 0 Å². The van der Waals surface area contributed by atoms with Crippen LogP contribution in [0, 0.1) is 5.82 Å². The lowest BCUT2D eigenvalue weighted by molar-refractivity contribution is 0.594. The first-order chi connectivity index (χ1) is 7.99. The third-order valence-electron chi connectivity index (χ3n) is 2.18. The summed E-state index contributed by atoms with van der Waals surface area (Å²) in [7, 11) is -3.41. The monoisotopic (exact) mass is 334 g/mol. The van der Waals surface area contributed by atoms with Crippen LogP contribution >= 0.6 is 27.3 Å². The zero-order chi connectivity index (χ0) is 12.5. The molecule has 0 fully saturated rings. The highest BCUT2D eigenvalue weighted by atomic mass is 79.9. The summed E-state index contributed by atoms with van der Waals surface area (Å²) < 4.78 is 37.6. The highest BCUT2D eigenvalue weighted by Gasteiger charge is 2.17. The molecule has 6 heteroatoms. The van der Waals surface area contributed by atoms with Crippen molar-refractivity contribution in [3.8, 4) is 0 Å². The van der Waals surface area contributed by atoms with Gasteiger partial charge in [-0.05, 0) is 51.6 Å². The lowest BCUT2D eigenvalue weighted by atomic mass is 10.4. The predicted octanol–water partition coefficient (Wildman–Crippen LogP) is 3.62. The molecule has 0 saturated heterocycles. The average molecular weight is 335 g/mol. The Kier molecular flexibility index (Phi) is 3.65. The van der Waals surface area contributed by atoms with Crippen molar-refractivity contribution < 1.29 is 12.8 Å². The van der Waals surface area contributed by atoms with Crippen LogP contribution in [-0.2, 0) is 15.6 Å². The minimum absolute atomic E-state index is 0.0725. The number of hydrogen-bond acceptors (Lipinski definition) is 3. The van der Waals surface area contributed by atoms with Crippen LogP contribution in [0.1, 0.15) is 4.88 Å². The molecule has 0 aliphatic heterocycles. The van der Waals surface area contributed by atoms with Gasteiger partial charge in [-0.2, -0.15) is 0 Å². The van der Waals surface area contributed by atoms with E-state index in [0.29, 0.717) is 0 Å². The Hall–Kier alpha value is -0.720. The number of sulfone groups is 1. The summed E-state index contributed by atoms with van der Waals surface area (Å²) in [5.74, 6) is -0.516.